The van der Waals surface area contributed by atoms with Crippen LogP contribution in [0.1, 0.15) is 42.5 Å². The van der Waals surface area contributed by atoms with Crippen LogP contribution in [-0.2, 0) is 0 Å². The molecule has 1 heterocycles. The first-order valence-electron chi connectivity index (χ1n) is 5.79. The molecule has 2 aliphatic carbocycles. The van der Waals surface area contributed by atoms with Gasteiger partial charge in [0.25, 0.3) is 0 Å². The van der Waals surface area contributed by atoms with Crippen LogP contribution < -0.4 is 0 Å². The number of hydrogen-bond donors (Lipinski definition) is 0. The molecular formula is C13H11BrN2. The monoisotopic (exact) mass is 274 g/mol. The van der Waals surface area contributed by atoms with E-state index in [4.69, 9.17) is 9.97 Å². The van der Waals surface area contributed by atoms with E-state index in [1.54, 1.807) is 0 Å². The van der Waals surface area contributed by atoms with Crippen molar-refractivity contribution in [1.29, 1.82) is 0 Å². The maximum atomic E-state index is 4.83. The Morgan fingerprint density at radius 3 is 2.62 bits per heavy atom. The first kappa shape index (κ1) is 9.11. The molecule has 0 amide bonds. The number of fused-ring (bicyclic) bond motifs is 6. The minimum absolute atomic E-state index is 0.684. The van der Waals surface area contributed by atoms with Crippen LogP contribution >= 0.6 is 15.9 Å². The number of benzene rings is 1. The summed E-state index contributed by atoms with van der Waals surface area (Å²) in [6.45, 7) is 0. The highest BCUT2D eigenvalue weighted by atomic mass is 79.9. The van der Waals surface area contributed by atoms with Crippen LogP contribution in [0.25, 0.3) is 11.0 Å². The molecule has 1 saturated carbocycles. The van der Waals surface area contributed by atoms with E-state index >= 15 is 0 Å². The van der Waals surface area contributed by atoms with Crippen LogP contribution in [0.5, 0.6) is 0 Å². The second-order valence-electron chi connectivity index (χ2n) is 4.81. The number of halogens is 1. The molecule has 2 atom stereocenters. The van der Waals surface area contributed by atoms with Gasteiger partial charge in [-0.2, -0.15) is 0 Å². The molecule has 1 aromatic carbocycles. The third kappa shape index (κ3) is 1.07. The van der Waals surface area contributed by atoms with Crippen LogP contribution in [0, 0.1) is 0 Å². The van der Waals surface area contributed by atoms with Gasteiger partial charge in [0, 0.05) is 16.3 Å². The molecule has 2 aliphatic rings. The highest BCUT2D eigenvalue weighted by Crippen LogP contribution is 2.51. The summed E-state index contributed by atoms with van der Waals surface area (Å²) in [5.74, 6) is 1.37. The zero-order chi connectivity index (χ0) is 10.7. The Morgan fingerprint density at radius 2 is 1.81 bits per heavy atom. The summed E-state index contributed by atoms with van der Waals surface area (Å²) in [6, 6.07) is 6.12. The Labute approximate surface area is 102 Å². The van der Waals surface area contributed by atoms with Crippen molar-refractivity contribution in [2.24, 2.45) is 0 Å². The molecule has 0 radical (unpaired) electrons. The van der Waals surface area contributed by atoms with Crippen molar-refractivity contribution < 1.29 is 0 Å². The maximum absolute atomic E-state index is 4.83. The highest BCUT2D eigenvalue weighted by molar-refractivity contribution is 9.10. The van der Waals surface area contributed by atoms with Crippen LogP contribution in [0.4, 0.5) is 0 Å². The molecule has 0 spiro atoms. The number of aromatic nitrogens is 2. The Hall–Kier alpha value is -0.960. The van der Waals surface area contributed by atoms with Crippen LogP contribution in [0.15, 0.2) is 22.7 Å². The van der Waals surface area contributed by atoms with Gasteiger partial charge in [0.15, 0.2) is 0 Å². The molecule has 80 valence electrons. The summed E-state index contributed by atoms with van der Waals surface area (Å²) in [5.41, 5.74) is 4.60. The van der Waals surface area contributed by atoms with Crippen LogP contribution in [0.3, 0.4) is 0 Å². The van der Waals surface area contributed by atoms with Gasteiger partial charge in [0.2, 0.25) is 0 Å². The smallest absolute Gasteiger partial charge is 0.103 e. The Balaban J connectivity index is 2.08. The average molecular weight is 275 g/mol. The van der Waals surface area contributed by atoms with Crippen LogP contribution in [-0.4, -0.2) is 9.97 Å². The second kappa shape index (κ2) is 3.04. The van der Waals surface area contributed by atoms with Gasteiger partial charge in [-0.1, -0.05) is 6.07 Å². The Morgan fingerprint density at radius 1 is 1.06 bits per heavy atom. The fraction of sp³-hybridized carbons (Fsp3) is 0.385. The van der Waals surface area contributed by atoms with Gasteiger partial charge < -0.3 is 0 Å². The van der Waals surface area contributed by atoms with Gasteiger partial charge in [-0.25, -0.2) is 9.97 Å². The van der Waals surface area contributed by atoms with Gasteiger partial charge in [0.05, 0.1) is 16.9 Å². The normalized spacial score (nSPS) is 26.3. The standard InChI is InChI=1S/C13H11BrN2/c14-9-2-1-3-10-13(9)16-12-8-5-4-7(6-8)11(12)15-10/h1-3,7-8H,4-6H2/t7-,8-/m0/s1. The predicted molar refractivity (Wildman–Crippen MR) is 66.6 cm³/mol. The lowest BCUT2D eigenvalue weighted by molar-refractivity contribution is 0.685. The molecule has 3 heteroatoms. The molecule has 0 aliphatic heterocycles. The number of hydrogen-bond acceptors (Lipinski definition) is 2. The molecular weight excluding hydrogens is 264 g/mol. The third-order valence-electron chi connectivity index (χ3n) is 3.91. The molecule has 4 rings (SSSR count). The van der Waals surface area contributed by atoms with Crippen molar-refractivity contribution in [3.05, 3.63) is 34.1 Å². The van der Waals surface area contributed by atoms with Crippen LogP contribution in [0.2, 0.25) is 0 Å². The lowest BCUT2D eigenvalue weighted by atomic mass is 10.0. The second-order valence-corrected chi connectivity index (χ2v) is 5.66. The van der Waals surface area contributed by atoms with E-state index in [2.05, 4.69) is 22.0 Å². The largest absolute Gasteiger partial charge is 0.249 e. The zero-order valence-electron chi connectivity index (χ0n) is 8.78. The Bertz CT molecular complexity index is 594. The minimum atomic E-state index is 0.684. The molecule has 2 aromatic rings. The molecule has 0 N–H and O–H groups in total. The molecule has 1 fully saturated rings. The van der Waals surface area contributed by atoms with Crippen molar-refractivity contribution in [3.8, 4) is 0 Å². The van der Waals surface area contributed by atoms with Crippen molar-refractivity contribution in [3.63, 3.8) is 0 Å². The van der Waals surface area contributed by atoms with Crippen molar-refractivity contribution >= 4 is 27.0 Å². The summed E-state index contributed by atoms with van der Waals surface area (Å²) < 4.78 is 1.06. The fourth-order valence-corrected chi connectivity index (χ4v) is 3.59. The van der Waals surface area contributed by atoms with Gasteiger partial charge >= 0.3 is 0 Å². The summed E-state index contributed by atoms with van der Waals surface area (Å²) in [5, 5.41) is 0. The van der Waals surface area contributed by atoms with Crippen molar-refractivity contribution in [1.82, 2.24) is 9.97 Å². The molecule has 0 saturated heterocycles. The minimum Gasteiger partial charge on any atom is -0.249 e. The third-order valence-corrected chi connectivity index (χ3v) is 4.55. The first-order valence-corrected chi connectivity index (χ1v) is 6.58. The molecule has 2 bridgehead atoms. The van der Waals surface area contributed by atoms with Gasteiger partial charge in [-0.15, -0.1) is 0 Å². The zero-order valence-corrected chi connectivity index (χ0v) is 10.4. The molecule has 1 aromatic heterocycles. The summed E-state index contributed by atoms with van der Waals surface area (Å²) >= 11 is 3.56. The summed E-state index contributed by atoms with van der Waals surface area (Å²) in [7, 11) is 0. The van der Waals surface area contributed by atoms with E-state index in [1.165, 1.54) is 30.7 Å². The SMILES string of the molecule is Brc1cccc2nc3c(nc12)[C@H]1CC[C@H]3C1. The lowest BCUT2D eigenvalue weighted by Gasteiger charge is -2.14. The molecule has 2 nitrogen and oxygen atoms in total. The van der Waals surface area contributed by atoms with E-state index in [-0.39, 0.29) is 0 Å². The Kier molecular flexibility index (Phi) is 1.73. The predicted octanol–water partition coefficient (Wildman–Crippen LogP) is 3.76. The lowest BCUT2D eigenvalue weighted by Crippen LogP contribution is -2.04. The van der Waals surface area contributed by atoms with Gasteiger partial charge in [-0.05, 0) is 47.3 Å². The topological polar surface area (TPSA) is 25.8 Å². The number of nitrogens with zero attached hydrogens (tertiary/aromatic N) is 2. The average Bonchev–Trinajstić information content (AvgIpc) is 2.88. The van der Waals surface area contributed by atoms with Crippen molar-refractivity contribution in [2.75, 3.05) is 0 Å². The van der Waals surface area contributed by atoms with E-state index in [9.17, 15) is 0 Å². The van der Waals surface area contributed by atoms with Gasteiger partial charge in [0.1, 0.15) is 5.52 Å². The highest BCUT2D eigenvalue weighted by Gasteiger charge is 2.39. The van der Waals surface area contributed by atoms with Gasteiger partial charge in [-0.3, -0.25) is 0 Å². The van der Waals surface area contributed by atoms with Crippen molar-refractivity contribution in [2.45, 2.75) is 31.1 Å². The van der Waals surface area contributed by atoms with E-state index in [0.29, 0.717) is 11.8 Å². The summed E-state index contributed by atoms with van der Waals surface area (Å²) in [6.07, 6.45) is 3.90. The number of para-hydroxylation sites is 1. The fourth-order valence-electron chi connectivity index (χ4n) is 3.15. The maximum Gasteiger partial charge on any atom is 0.103 e. The van der Waals surface area contributed by atoms with E-state index in [0.717, 1.165) is 15.5 Å². The molecule has 16 heavy (non-hydrogen) atoms. The summed E-state index contributed by atoms with van der Waals surface area (Å²) in [4.78, 5) is 9.64. The van der Waals surface area contributed by atoms with E-state index in [1.807, 2.05) is 12.1 Å². The van der Waals surface area contributed by atoms with E-state index < -0.39 is 0 Å². The number of rotatable bonds is 0. The molecule has 0 unspecified atom stereocenters. The first-order chi connectivity index (χ1) is 7.83. The quantitative estimate of drug-likeness (QED) is 0.731.